The van der Waals surface area contributed by atoms with Crippen LogP contribution in [-0.2, 0) is 17.9 Å². The fourth-order valence-corrected chi connectivity index (χ4v) is 4.24. The number of carbonyl (C=O) groups excluding carboxylic acids is 2. The molecule has 1 N–H and O–H groups in total. The zero-order chi connectivity index (χ0) is 22.9. The van der Waals surface area contributed by atoms with Crippen LogP contribution in [0, 0.1) is 0 Å². The van der Waals surface area contributed by atoms with Crippen LogP contribution in [0.25, 0.3) is 0 Å². The monoisotopic (exact) mass is 445 g/mol. The van der Waals surface area contributed by atoms with Gasteiger partial charge in [0.05, 0.1) is 11.8 Å². The van der Waals surface area contributed by atoms with E-state index in [-0.39, 0.29) is 24.3 Å². The highest BCUT2D eigenvalue weighted by Crippen LogP contribution is 2.15. The summed E-state index contributed by atoms with van der Waals surface area (Å²) >= 11 is 0. The van der Waals surface area contributed by atoms with E-state index in [1.165, 1.54) is 18.1 Å². The largest absolute Gasteiger partial charge is 0.472 e. The van der Waals surface area contributed by atoms with Crippen molar-refractivity contribution in [2.45, 2.75) is 38.4 Å². The summed E-state index contributed by atoms with van der Waals surface area (Å²) in [5.41, 5.74) is 2.85. The minimum atomic E-state index is -0.130. The van der Waals surface area contributed by atoms with Crippen LogP contribution in [0.3, 0.4) is 0 Å². The summed E-state index contributed by atoms with van der Waals surface area (Å²) in [7, 11) is 0. The first-order valence-electron chi connectivity index (χ1n) is 11.6. The van der Waals surface area contributed by atoms with Crippen molar-refractivity contribution in [3.8, 4) is 0 Å². The first-order chi connectivity index (χ1) is 16.2. The van der Waals surface area contributed by atoms with Crippen LogP contribution in [0.1, 0.15) is 40.7 Å². The third-order valence-electron chi connectivity index (χ3n) is 6.08. The number of nitrogens with one attached hydrogen (secondary N) is 1. The lowest BCUT2D eigenvalue weighted by Gasteiger charge is -2.32. The van der Waals surface area contributed by atoms with Gasteiger partial charge in [-0.15, -0.1) is 0 Å². The number of hydrogen-bond donors (Lipinski definition) is 1. The second kappa shape index (κ2) is 11.5. The smallest absolute Gasteiger partial charge is 0.257 e. The fourth-order valence-electron chi connectivity index (χ4n) is 4.24. The van der Waals surface area contributed by atoms with Gasteiger partial charge in [-0.1, -0.05) is 60.7 Å². The number of rotatable bonds is 9. The van der Waals surface area contributed by atoms with Crippen molar-refractivity contribution in [3.63, 3.8) is 0 Å². The predicted molar refractivity (Wildman–Crippen MR) is 127 cm³/mol. The SMILES string of the molecule is O=C(CCN(Cc1ccccc1)C(=O)c1ccoc1)NC1CCN(Cc2ccccc2)CC1. The molecule has 0 atom stereocenters. The molecule has 1 fully saturated rings. The lowest BCUT2D eigenvalue weighted by Crippen LogP contribution is -2.45. The Bertz CT molecular complexity index is 998. The summed E-state index contributed by atoms with van der Waals surface area (Å²) < 4.78 is 5.08. The molecular weight excluding hydrogens is 414 g/mol. The van der Waals surface area contributed by atoms with Crippen molar-refractivity contribution in [2.24, 2.45) is 0 Å². The van der Waals surface area contributed by atoms with Crippen LogP contribution in [0.2, 0.25) is 0 Å². The topological polar surface area (TPSA) is 65.8 Å². The number of likely N-dealkylation sites (tertiary alicyclic amines) is 1. The van der Waals surface area contributed by atoms with Gasteiger partial charge < -0.3 is 14.6 Å². The van der Waals surface area contributed by atoms with E-state index in [4.69, 9.17) is 4.42 Å². The maximum absolute atomic E-state index is 12.9. The Balaban J connectivity index is 1.25. The number of nitrogens with zero attached hydrogens (tertiary/aromatic N) is 2. The third kappa shape index (κ3) is 6.80. The molecule has 0 unspecified atom stereocenters. The van der Waals surface area contributed by atoms with Crippen LogP contribution in [0.4, 0.5) is 0 Å². The normalized spacial score (nSPS) is 14.7. The molecule has 3 aromatic rings. The Hall–Kier alpha value is -3.38. The fraction of sp³-hybridized carbons (Fsp3) is 0.333. The van der Waals surface area contributed by atoms with Gasteiger partial charge in [-0.05, 0) is 30.0 Å². The molecule has 6 nitrogen and oxygen atoms in total. The van der Waals surface area contributed by atoms with Crippen LogP contribution in [0.5, 0.6) is 0 Å². The maximum Gasteiger partial charge on any atom is 0.257 e. The van der Waals surface area contributed by atoms with E-state index in [0.29, 0.717) is 18.7 Å². The van der Waals surface area contributed by atoms with Crippen LogP contribution >= 0.6 is 0 Å². The molecular formula is C27H31N3O3. The lowest BCUT2D eigenvalue weighted by molar-refractivity contribution is -0.122. The average molecular weight is 446 g/mol. The molecule has 172 valence electrons. The van der Waals surface area contributed by atoms with Crippen molar-refractivity contribution in [2.75, 3.05) is 19.6 Å². The molecule has 0 aliphatic carbocycles. The highest BCUT2D eigenvalue weighted by atomic mass is 16.3. The van der Waals surface area contributed by atoms with Crippen molar-refractivity contribution in [3.05, 3.63) is 95.9 Å². The zero-order valence-corrected chi connectivity index (χ0v) is 18.9. The first kappa shape index (κ1) is 22.8. The summed E-state index contributed by atoms with van der Waals surface area (Å²) in [4.78, 5) is 29.7. The van der Waals surface area contributed by atoms with E-state index in [0.717, 1.165) is 38.0 Å². The Morgan fingerprint density at radius 1 is 0.939 bits per heavy atom. The molecule has 0 saturated carbocycles. The number of piperidine rings is 1. The van der Waals surface area contributed by atoms with Gasteiger partial charge in [0.25, 0.3) is 5.91 Å². The predicted octanol–water partition coefficient (Wildman–Crippen LogP) is 4.09. The standard InChI is InChI=1S/C27H31N3O3/c31-26(28-25-11-15-29(16-12-25)19-22-7-3-1-4-8-22)13-17-30(20-23-9-5-2-6-10-23)27(32)24-14-18-33-21-24/h1-10,14,18,21,25H,11-13,15-17,19-20H2,(H,28,31). The van der Waals surface area contributed by atoms with Crippen LogP contribution < -0.4 is 5.32 Å². The molecule has 1 aliphatic rings. The molecule has 2 heterocycles. The molecule has 6 heteroatoms. The molecule has 0 radical (unpaired) electrons. The third-order valence-corrected chi connectivity index (χ3v) is 6.08. The summed E-state index contributed by atoms with van der Waals surface area (Å²) in [6.07, 6.45) is 5.11. The zero-order valence-electron chi connectivity index (χ0n) is 18.9. The van der Waals surface area contributed by atoms with Gasteiger partial charge in [-0.3, -0.25) is 14.5 Å². The summed E-state index contributed by atoms with van der Waals surface area (Å²) in [5.74, 6) is -0.135. The summed E-state index contributed by atoms with van der Waals surface area (Å²) in [6.45, 7) is 3.71. The van der Waals surface area contributed by atoms with Gasteiger partial charge in [0.15, 0.2) is 0 Å². The van der Waals surface area contributed by atoms with Gasteiger partial charge in [0.2, 0.25) is 5.91 Å². The van der Waals surface area contributed by atoms with Crippen molar-refractivity contribution >= 4 is 11.8 Å². The van der Waals surface area contributed by atoms with Gasteiger partial charge in [0.1, 0.15) is 6.26 Å². The first-order valence-corrected chi connectivity index (χ1v) is 11.6. The number of furan rings is 1. The quantitative estimate of drug-likeness (QED) is 0.539. The van der Waals surface area contributed by atoms with Crippen molar-refractivity contribution in [1.29, 1.82) is 0 Å². The number of amides is 2. The van der Waals surface area contributed by atoms with Gasteiger partial charge in [0, 0.05) is 45.2 Å². The Morgan fingerprint density at radius 3 is 2.24 bits per heavy atom. The van der Waals surface area contributed by atoms with E-state index < -0.39 is 0 Å². The summed E-state index contributed by atoms with van der Waals surface area (Å²) in [6, 6.07) is 22.2. The molecule has 1 aromatic heterocycles. The Kier molecular flexibility index (Phi) is 7.93. The van der Waals surface area contributed by atoms with E-state index in [2.05, 4.69) is 34.5 Å². The second-order valence-corrected chi connectivity index (χ2v) is 8.58. The minimum Gasteiger partial charge on any atom is -0.472 e. The molecule has 1 saturated heterocycles. The molecule has 0 spiro atoms. The van der Waals surface area contributed by atoms with E-state index in [9.17, 15) is 9.59 Å². The second-order valence-electron chi connectivity index (χ2n) is 8.58. The van der Waals surface area contributed by atoms with Gasteiger partial charge in [-0.2, -0.15) is 0 Å². The molecule has 2 aromatic carbocycles. The van der Waals surface area contributed by atoms with Crippen LogP contribution in [-0.4, -0.2) is 47.3 Å². The van der Waals surface area contributed by atoms with Crippen LogP contribution in [0.15, 0.2) is 83.7 Å². The molecule has 33 heavy (non-hydrogen) atoms. The number of carbonyl (C=O) groups is 2. The average Bonchev–Trinajstić information content (AvgIpc) is 3.39. The minimum absolute atomic E-state index is 0.00503. The van der Waals surface area contributed by atoms with E-state index >= 15 is 0 Å². The van der Waals surface area contributed by atoms with Crippen molar-refractivity contribution < 1.29 is 14.0 Å². The molecule has 4 rings (SSSR count). The number of benzene rings is 2. The van der Waals surface area contributed by atoms with Gasteiger partial charge >= 0.3 is 0 Å². The Labute approximate surface area is 195 Å². The highest BCUT2D eigenvalue weighted by molar-refractivity contribution is 5.94. The van der Waals surface area contributed by atoms with Crippen molar-refractivity contribution in [1.82, 2.24) is 15.1 Å². The highest BCUT2D eigenvalue weighted by Gasteiger charge is 2.22. The maximum atomic E-state index is 12.9. The van der Waals surface area contributed by atoms with E-state index in [1.807, 2.05) is 36.4 Å². The van der Waals surface area contributed by atoms with E-state index in [1.54, 1.807) is 11.0 Å². The lowest BCUT2D eigenvalue weighted by atomic mass is 10.0. The molecule has 2 amide bonds. The number of hydrogen-bond acceptors (Lipinski definition) is 4. The summed E-state index contributed by atoms with van der Waals surface area (Å²) in [5, 5.41) is 3.17. The van der Waals surface area contributed by atoms with Gasteiger partial charge in [-0.25, -0.2) is 0 Å². The molecule has 0 bridgehead atoms. The molecule has 1 aliphatic heterocycles. The Morgan fingerprint density at radius 2 is 1.61 bits per heavy atom.